The van der Waals surface area contributed by atoms with Crippen LogP contribution in [0.1, 0.15) is 17.8 Å². The Morgan fingerprint density at radius 2 is 2.12 bits per heavy atom. The van der Waals surface area contributed by atoms with E-state index in [9.17, 15) is 17.2 Å². The minimum atomic E-state index is -4.28. The highest BCUT2D eigenvalue weighted by atomic mass is 127. The summed E-state index contributed by atoms with van der Waals surface area (Å²) in [6.07, 6.45) is -3.11. The number of nitrogens with two attached hydrogens (primary N) is 1. The van der Waals surface area contributed by atoms with Crippen molar-refractivity contribution in [3.63, 3.8) is 0 Å². The van der Waals surface area contributed by atoms with Crippen molar-refractivity contribution in [3.8, 4) is 6.07 Å². The summed E-state index contributed by atoms with van der Waals surface area (Å²) in [5.41, 5.74) is -1.26. The monoisotopic (exact) mass is 359 g/mol. The Morgan fingerprint density at radius 3 is 2.50 bits per heavy atom. The van der Waals surface area contributed by atoms with E-state index in [0.29, 0.717) is 0 Å². The topological polar surface area (TPSA) is 96.8 Å². The molecule has 86 valence electrons. The smallest absolute Gasteiger partial charge is 0.234 e. The predicted molar refractivity (Wildman–Crippen MR) is 58.0 cm³/mol. The standard InChI is InChI=1S/C7H4F2IN3O2S/c8-7(9)6-5(16(12,14)15)1-3(10)4(2-11)13-6/h1,7H,(H2,12,14,15). The summed E-state index contributed by atoms with van der Waals surface area (Å²) >= 11 is 1.62. The van der Waals surface area contributed by atoms with E-state index >= 15 is 0 Å². The Bertz CT molecular complexity index is 568. The van der Waals surface area contributed by atoms with Gasteiger partial charge in [0.25, 0.3) is 6.43 Å². The first-order valence-electron chi connectivity index (χ1n) is 3.69. The summed E-state index contributed by atoms with van der Waals surface area (Å²) in [6.45, 7) is 0. The van der Waals surface area contributed by atoms with Crippen molar-refractivity contribution in [2.24, 2.45) is 5.14 Å². The molecule has 2 N–H and O–H groups in total. The maximum Gasteiger partial charge on any atom is 0.281 e. The van der Waals surface area contributed by atoms with Crippen molar-refractivity contribution in [2.75, 3.05) is 0 Å². The molecule has 0 spiro atoms. The lowest BCUT2D eigenvalue weighted by Gasteiger charge is -2.07. The van der Waals surface area contributed by atoms with Gasteiger partial charge in [-0.15, -0.1) is 0 Å². The maximum absolute atomic E-state index is 12.5. The Hall–Kier alpha value is -0.860. The van der Waals surface area contributed by atoms with E-state index < -0.39 is 27.0 Å². The van der Waals surface area contributed by atoms with Gasteiger partial charge in [0.05, 0.1) is 3.57 Å². The highest BCUT2D eigenvalue weighted by Crippen LogP contribution is 2.26. The predicted octanol–water partition coefficient (Wildman–Crippen LogP) is 1.14. The molecule has 1 rings (SSSR count). The van der Waals surface area contributed by atoms with Crippen molar-refractivity contribution in [1.82, 2.24) is 4.98 Å². The zero-order valence-corrected chi connectivity index (χ0v) is 10.5. The van der Waals surface area contributed by atoms with E-state index in [4.69, 9.17) is 10.4 Å². The second kappa shape index (κ2) is 4.56. The number of nitrogens with zero attached hydrogens (tertiary/aromatic N) is 2. The third-order valence-electron chi connectivity index (χ3n) is 1.59. The Kier molecular flexibility index (Phi) is 3.76. The number of rotatable bonds is 2. The average molecular weight is 359 g/mol. The van der Waals surface area contributed by atoms with Gasteiger partial charge in [0, 0.05) is 0 Å². The van der Waals surface area contributed by atoms with E-state index in [2.05, 4.69) is 4.98 Å². The van der Waals surface area contributed by atoms with Crippen molar-refractivity contribution in [1.29, 1.82) is 5.26 Å². The molecular formula is C7H4F2IN3O2S. The van der Waals surface area contributed by atoms with Crippen molar-refractivity contribution in [2.45, 2.75) is 11.3 Å². The van der Waals surface area contributed by atoms with Crippen LogP contribution in [-0.4, -0.2) is 13.4 Å². The first-order valence-corrected chi connectivity index (χ1v) is 6.31. The number of pyridine rings is 1. The van der Waals surface area contributed by atoms with E-state index in [0.717, 1.165) is 6.07 Å². The first-order chi connectivity index (χ1) is 7.27. The number of hydrogen-bond donors (Lipinski definition) is 1. The van der Waals surface area contributed by atoms with E-state index in [1.54, 1.807) is 28.7 Å². The second-order valence-electron chi connectivity index (χ2n) is 2.66. The van der Waals surface area contributed by atoms with Crippen molar-refractivity contribution >= 4 is 32.6 Å². The van der Waals surface area contributed by atoms with Crippen LogP contribution in [0.3, 0.4) is 0 Å². The molecule has 0 amide bonds. The number of sulfonamides is 1. The minimum Gasteiger partial charge on any atom is -0.234 e. The van der Waals surface area contributed by atoms with Gasteiger partial charge in [-0.05, 0) is 28.7 Å². The largest absolute Gasteiger partial charge is 0.281 e. The molecule has 0 bridgehead atoms. The number of aromatic nitrogens is 1. The summed E-state index contributed by atoms with van der Waals surface area (Å²) in [7, 11) is -4.28. The normalized spacial score (nSPS) is 11.5. The molecule has 0 saturated carbocycles. The van der Waals surface area contributed by atoms with E-state index in [-0.39, 0.29) is 9.26 Å². The fourth-order valence-electron chi connectivity index (χ4n) is 0.949. The van der Waals surface area contributed by atoms with E-state index in [1.807, 2.05) is 0 Å². The van der Waals surface area contributed by atoms with Crippen LogP contribution in [0.4, 0.5) is 8.78 Å². The van der Waals surface area contributed by atoms with Gasteiger partial charge < -0.3 is 0 Å². The third-order valence-corrected chi connectivity index (χ3v) is 3.35. The molecule has 0 unspecified atom stereocenters. The van der Waals surface area contributed by atoms with Crippen LogP contribution in [0.15, 0.2) is 11.0 Å². The molecule has 5 nitrogen and oxygen atoms in total. The van der Waals surface area contributed by atoms with Gasteiger partial charge in [0.15, 0.2) is 5.69 Å². The lowest BCUT2D eigenvalue weighted by Crippen LogP contribution is -2.17. The Balaban J connectivity index is 3.63. The van der Waals surface area contributed by atoms with Crippen molar-refractivity contribution in [3.05, 3.63) is 21.0 Å². The fraction of sp³-hybridized carbons (Fsp3) is 0.143. The molecular weight excluding hydrogens is 355 g/mol. The third kappa shape index (κ3) is 2.63. The number of hydrogen-bond acceptors (Lipinski definition) is 4. The molecule has 0 radical (unpaired) electrons. The lowest BCUT2D eigenvalue weighted by molar-refractivity contribution is 0.142. The molecule has 0 aromatic carbocycles. The first kappa shape index (κ1) is 13.2. The lowest BCUT2D eigenvalue weighted by atomic mass is 10.3. The second-order valence-corrected chi connectivity index (χ2v) is 5.35. The van der Waals surface area contributed by atoms with Gasteiger partial charge in [-0.2, -0.15) is 5.26 Å². The van der Waals surface area contributed by atoms with Gasteiger partial charge in [0.2, 0.25) is 10.0 Å². The summed E-state index contributed by atoms with van der Waals surface area (Å²) < 4.78 is 47.2. The molecule has 0 aliphatic carbocycles. The van der Waals surface area contributed by atoms with Gasteiger partial charge in [-0.1, -0.05) is 0 Å². The van der Waals surface area contributed by atoms with Crippen LogP contribution in [0.2, 0.25) is 0 Å². The molecule has 0 aliphatic heterocycles. The average Bonchev–Trinajstić information content (AvgIpc) is 2.15. The number of halogens is 3. The Morgan fingerprint density at radius 1 is 1.56 bits per heavy atom. The van der Waals surface area contributed by atoms with Crippen molar-refractivity contribution < 1.29 is 17.2 Å². The molecule has 0 saturated heterocycles. The zero-order valence-electron chi connectivity index (χ0n) is 7.49. The van der Waals surface area contributed by atoms with Crippen LogP contribution in [0, 0.1) is 14.9 Å². The summed E-state index contributed by atoms with van der Waals surface area (Å²) in [6, 6.07) is 2.49. The van der Waals surface area contributed by atoms with Crippen LogP contribution in [-0.2, 0) is 10.0 Å². The van der Waals surface area contributed by atoms with Gasteiger partial charge >= 0.3 is 0 Å². The van der Waals surface area contributed by atoms with Crippen LogP contribution >= 0.6 is 22.6 Å². The fourth-order valence-corrected chi connectivity index (χ4v) is 2.42. The number of nitriles is 1. The molecule has 1 aromatic rings. The molecule has 0 atom stereocenters. The zero-order chi connectivity index (χ0) is 12.5. The molecule has 0 aliphatic rings. The molecule has 16 heavy (non-hydrogen) atoms. The highest BCUT2D eigenvalue weighted by molar-refractivity contribution is 14.1. The number of alkyl halides is 2. The Labute approximate surface area is 103 Å². The molecule has 1 aromatic heterocycles. The summed E-state index contributed by atoms with van der Waals surface area (Å²) in [4.78, 5) is 2.52. The minimum absolute atomic E-state index is 0.147. The van der Waals surface area contributed by atoms with Gasteiger partial charge in [0.1, 0.15) is 16.7 Å². The number of primary sulfonamides is 1. The quantitative estimate of drug-likeness (QED) is 0.801. The van der Waals surface area contributed by atoms with Crippen LogP contribution in [0.25, 0.3) is 0 Å². The van der Waals surface area contributed by atoms with Gasteiger partial charge in [-0.3, -0.25) is 0 Å². The van der Waals surface area contributed by atoms with Crippen LogP contribution in [0.5, 0.6) is 0 Å². The maximum atomic E-state index is 12.5. The molecule has 0 fully saturated rings. The molecule has 9 heteroatoms. The SMILES string of the molecule is N#Cc1nc(C(F)F)c(S(N)(=O)=O)cc1I. The molecule has 1 heterocycles. The van der Waals surface area contributed by atoms with E-state index in [1.165, 1.54) is 0 Å². The highest BCUT2D eigenvalue weighted by Gasteiger charge is 2.24. The van der Waals surface area contributed by atoms with Gasteiger partial charge in [-0.25, -0.2) is 27.3 Å². The summed E-state index contributed by atoms with van der Waals surface area (Å²) in [5.74, 6) is 0. The summed E-state index contributed by atoms with van der Waals surface area (Å²) in [5, 5.41) is 13.3. The van der Waals surface area contributed by atoms with Crippen LogP contribution < -0.4 is 5.14 Å².